The van der Waals surface area contributed by atoms with Gasteiger partial charge in [0.2, 0.25) is 0 Å². The number of rotatable bonds is 5. The predicted molar refractivity (Wildman–Crippen MR) is 119 cm³/mol. The van der Waals surface area contributed by atoms with Crippen LogP contribution in [0.1, 0.15) is 25.0 Å². The van der Waals surface area contributed by atoms with Gasteiger partial charge in [-0.3, -0.25) is 4.72 Å². The van der Waals surface area contributed by atoms with Gasteiger partial charge in [0.15, 0.2) is 0 Å². The summed E-state index contributed by atoms with van der Waals surface area (Å²) in [5.41, 5.74) is 3.82. The highest BCUT2D eigenvalue weighted by atomic mass is 79.9. The summed E-state index contributed by atoms with van der Waals surface area (Å²) >= 11 is 3.40. The molecule has 0 atom stereocenters. The molecule has 0 aliphatic heterocycles. The van der Waals surface area contributed by atoms with E-state index in [1.165, 1.54) is 0 Å². The number of benzene rings is 3. The summed E-state index contributed by atoms with van der Waals surface area (Å²) in [5.74, 6) is 0. The fourth-order valence-electron chi connectivity index (χ4n) is 2.64. The molecule has 0 aliphatic carbocycles. The Bertz CT molecular complexity index is 1010. The molecular weight excluding hydrogens is 438 g/mol. The van der Waals surface area contributed by atoms with Gasteiger partial charge in [-0.2, -0.15) is 0 Å². The molecule has 2 N–H and O–H groups in total. The number of halogens is 1. The molecule has 0 saturated heterocycles. The third-order valence-corrected chi connectivity index (χ3v) is 6.11. The summed E-state index contributed by atoms with van der Waals surface area (Å²) in [6, 6.07) is 19.7. The van der Waals surface area contributed by atoms with Crippen molar-refractivity contribution >= 4 is 31.6 Å². The summed E-state index contributed by atoms with van der Waals surface area (Å²) in [6.07, 6.45) is 0. The molecule has 4 nitrogen and oxygen atoms in total. The van der Waals surface area contributed by atoms with Crippen LogP contribution in [0, 0.1) is 6.92 Å². The molecule has 0 spiro atoms. The minimum atomic E-state index is -3.71. The van der Waals surface area contributed by atoms with E-state index >= 15 is 0 Å². The van der Waals surface area contributed by atoms with Crippen LogP contribution in [0.3, 0.4) is 0 Å². The second-order valence-electron chi connectivity index (χ2n) is 5.88. The first kappa shape index (κ1) is 22.1. The SMILES string of the molecule is CC.Cc1c(CO)cccc1NS(=O)(=O)c1ccc(-c2ccc(Br)cc2)cc1. The third-order valence-electron chi connectivity index (χ3n) is 4.20. The van der Waals surface area contributed by atoms with E-state index in [2.05, 4.69) is 20.7 Å². The van der Waals surface area contributed by atoms with Gasteiger partial charge in [-0.05, 0) is 59.5 Å². The zero-order chi connectivity index (χ0) is 20.7. The van der Waals surface area contributed by atoms with Gasteiger partial charge in [-0.25, -0.2) is 8.42 Å². The molecule has 0 aliphatic rings. The van der Waals surface area contributed by atoms with Gasteiger partial charge in [-0.15, -0.1) is 0 Å². The molecule has 0 fully saturated rings. The topological polar surface area (TPSA) is 66.4 Å². The van der Waals surface area contributed by atoms with Crippen molar-refractivity contribution in [1.29, 1.82) is 0 Å². The van der Waals surface area contributed by atoms with Gasteiger partial charge in [0.1, 0.15) is 0 Å². The Hall–Kier alpha value is -2.15. The first-order valence-electron chi connectivity index (χ1n) is 8.99. The highest BCUT2D eigenvalue weighted by Gasteiger charge is 2.16. The zero-order valence-electron chi connectivity index (χ0n) is 16.1. The Labute approximate surface area is 175 Å². The molecule has 0 heterocycles. The fraction of sp³-hybridized carbons (Fsp3) is 0.182. The molecule has 0 saturated carbocycles. The Kier molecular flexibility index (Phi) is 7.80. The second-order valence-corrected chi connectivity index (χ2v) is 8.48. The van der Waals surface area contributed by atoms with Crippen LogP contribution >= 0.6 is 15.9 Å². The molecule has 0 unspecified atom stereocenters. The fourth-order valence-corrected chi connectivity index (χ4v) is 4.03. The molecule has 3 rings (SSSR count). The highest BCUT2D eigenvalue weighted by molar-refractivity contribution is 9.10. The van der Waals surface area contributed by atoms with Crippen LogP contribution in [0.5, 0.6) is 0 Å². The van der Waals surface area contributed by atoms with Crippen molar-refractivity contribution in [2.75, 3.05) is 4.72 Å². The molecule has 0 aromatic heterocycles. The van der Waals surface area contributed by atoms with Crippen molar-refractivity contribution in [1.82, 2.24) is 0 Å². The van der Waals surface area contributed by atoms with Gasteiger partial charge in [-0.1, -0.05) is 66.2 Å². The van der Waals surface area contributed by atoms with E-state index in [9.17, 15) is 13.5 Å². The van der Waals surface area contributed by atoms with Crippen LogP contribution in [0.25, 0.3) is 11.1 Å². The van der Waals surface area contributed by atoms with Crippen molar-refractivity contribution in [3.8, 4) is 11.1 Å². The Morgan fingerprint density at radius 2 is 1.43 bits per heavy atom. The molecule has 0 radical (unpaired) electrons. The number of aliphatic hydroxyl groups excluding tert-OH is 1. The summed E-state index contributed by atoms with van der Waals surface area (Å²) in [5, 5.41) is 9.33. The number of hydrogen-bond acceptors (Lipinski definition) is 3. The molecule has 148 valence electrons. The average molecular weight is 462 g/mol. The molecular formula is C22H24BrNO3S. The van der Waals surface area contributed by atoms with Crippen LogP contribution < -0.4 is 4.72 Å². The summed E-state index contributed by atoms with van der Waals surface area (Å²) in [6.45, 7) is 5.64. The number of anilines is 1. The van der Waals surface area contributed by atoms with E-state index < -0.39 is 10.0 Å². The summed E-state index contributed by atoms with van der Waals surface area (Å²) in [4.78, 5) is 0.187. The predicted octanol–water partition coefficient (Wildman–Crippen LogP) is 5.74. The van der Waals surface area contributed by atoms with Crippen LogP contribution in [0.2, 0.25) is 0 Å². The lowest BCUT2D eigenvalue weighted by molar-refractivity contribution is 0.281. The number of hydrogen-bond donors (Lipinski definition) is 2. The number of sulfonamides is 1. The Morgan fingerprint density at radius 3 is 1.96 bits per heavy atom. The van der Waals surface area contributed by atoms with Gasteiger partial charge in [0, 0.05) is 4.47 Å². The maximum absolute atomic E-state index is 12.7. The van der Waals surface area contributed by atoms with Gasteiger partial charge in [0.25, 0.3) is 10.0 Å². The van der Waals surface area contributed by atoms with E-state index in [-0.39, 0.29) is 11.5 Å². The minimum absolute atomic E-state index is 0.136. The number of nitrogens with one attached hydrogen (secondary N) is 1. The van der Waals surface area contributed by atoms with Crippen LogP contribution in [-0.2, 0) is 16.6 Å². The van der Waals surface area contributed by atoms with Crippen LogP contribution in [-0.4, -0.2) is 13.5 Å². The lowest BCUT2D eigenvalue weighted by Crippen LogP contribution is -2.14. The maximum Gasteiger partial charge on any atom is 0.261 e. The lowest BCUT2D eigenvalue weighted by Gasteiger charge is -2.13. The van der Waals surface area contributed by atoms with Crippen molar-refractivity contribution in [2.45, 2.75) is 32.3 Å². The second kappa shape index (κ2) is 9.87. The monoisotopic (exact) mass is 461 g/mol. The minimum Gasteiger partial charge on any atom is -0.392 e. The van der Waals surface area contributed by atoms with E-state index in [1.807, 2.05) is 38.1 Å². The molecule has 6 heteroatoms. The summed E-state index contributed by atoms with van der Waals surface area (Å²) in [7, 11) is -3.71. The van der Waals surface area contributed by atoms with E-state index in [1.54, 1.807) is 49.4 Å². The average Bonchev–Trinajstić information content (AvgIpc) is 2.72. The number of aliphatic hydroxyl groups is 1. The van der Waals surface area contributed by atoms with Crippen molar-refractivity contribution in [2.24, 2.45) is 0 Å². The summed E-state index contributed by atoms with van der Waals surface area (Å²) < 4.78 is 28.9. The third kappa shape index (κ3) is 5.22. The van der Waals surface area contributed by atoms with E-state index in [4.69, 9.17) is 0 Å². The smallest absolute Gasteiger partial charge is 0.261 e. The Morgan fingerprint density at radius 1 is 0.893 bits per heavy atom. The van der Waals surface area contributed by atoms with Crippen molar-refractivity contribution < 1.29 is 13.5 Å². The Balaban J connectivity index is 0.00000136. The quantitative estimate of drug-likeness (QED) is 0.508. The standard InChI is InChI=1S/C20H18BrNO3S.C2H6/c1-14-17(13-23)3-2-4-20(14)22-26(24,25)19-11-7-16(8-12-19)15-5-9-18(21)10-6-15;1-2/h2-12,22-23H,13H2,1H3;1-2H3. The highest BCUT2D eigenvalue weighted by Crippen LogP contribution is 2.26. The first-order valence-corrected chi connectivity index (χ1v) is 11.3. The molecule has 0 bridgehead atoms. The van der Waals surface area contributed by atoms with E-state index in [0.29, 0.717) is 16.8 Å². The van der Waals surface area contributed by atoms with Crippen molar-refractivity contribution in [3.05, 3.63) is 82.3 Å². The molecule has 3 aromatic rings. The largest absolute Gasteiger partial charge is 0.392 e. The zero-order valence-corrected chi connectivity index (χ0v) is 18.5. The van der Waals surface area contributed by atoms with Crippen LogP contribution in [0.15, 0.2) is 76.1 Å². The van der Waals surface area contributed by atoms with Gasteiger partial charge in [0.05, 0.1) is 17.2 Å². The lowest BCUT2D eigenvalue weighted by atomic mass is 10.1. The molecule has 3 aromatic carbocycles. The molecule has 28 heavy (non-hydrogen) atoms. The first-order chi connectivity index (χ1) is 13.4. The van der Waals surface area contributed by atoms with Crippen molar-refractivity contribution in [3.63, 3.8) is 0 Å². The maximum atomic E-state index is 12.7. The van der Waals surface area contributed by atoms with Gasteiger partial charge < -0.3 is 5.11 Å². The molecule has 0 amide bonds. The van der Waals surface area contributed by atoms with E-state index in [0.717, 1.165) is 15.6 Å². The van der Waals surface area contributed by atoms with Gasteiger partial charge >= 0.3 is 0 Å². The van der Waals surface area contributed by atoms with Crippen LogP contribution in [0.4, 0.5) is 5.69 Å². The normalized spacial score (nSPS) is 10.8.